The molecule has 1 N–H and O–H groups in total. The van der Waals surface area contributed by atoms with Crippen LogP contribution in [-0.4, -0.2) is 23.2 Å². The Hall–Kier alpha value is -2.69. The number of carbonyl (C=O) groups is 1. The first-order valence-electron chi connectivity index (χ1n) is 7.03. The van der Waals surface area contributed by atoms with Crippen molar-refractivity contribution in [3.63, 3.8) is 0 Å². The van der Waals surface area contributed by atoms with Crippen LogP contribution in [0.25, 0.3) is 0 Å². The molecule has 0 spiro atoms. The second-order valence-electron chi connectivity index (χ2n) is 5.07. The van der Waals surface area contributed by atoms with Crippen LogP contribution in [0.15, 0.2) is 47.7 Å². The van der Waals surface area contributed by atoms with Crippen LogP contribution in [0.4, 0.5) is 0 Å². The molecule has 0 fully saturated rings. The Kier molecular flexibility index (Phi) is 5.25. The number of aryl methyl sites for hydroxylation is 2. The molecular formula is C17H19N3O2. The zero-order valence-corrected chi connectivity index (χ0v) is 12.9. The number of rotatable bonds is 5. The fraction of sp³-hybridized carbons (Fsp3) is 0.235. The third-order valence-electron chi connectivity index (χ3n) is 2.94. The quantitative estimate of drug-likeness (QED) is 0.681. The van der Waals surface area contributed by atoms with Crippen LogP contribution in [0.1, 0.15) is 23.7 Å². The lowest BCUT2D eigenvalue weighted by atomic mass is 10.1. The molecule has 0 aliphatic heterocycles. The number of pyridine rings is 1. The van der Waals surface area contributed by atoms with Gasteiger partial charge in [0.25, 0.3) is 5.91 Å². The molecule has 1 aromatic carbocycles. The molecule has 0 aliphatic carbocycles. The van der Waals surface area contributed by atoms with Gasteiger partial charge in [0.1, 0.15) is 5.75 Å². The van der Waals surface area contributed by atoms with E-state index in [-0.39, 0.29) is 5.91 Å². The highest BCUT2D eigenvalue weighted by atomic mass is 16.5. The first kappa shape index (κ1) is 15.7. The van der Waals surface area contributed by atoms with Gasteiger partial charge in [-0.3, -0.25) is 9.78 Å². The normalized spacial score (nSPS) is 12.1. The summed E-state index contributed by atoms with van der Waals surface area (Å²) in [6.45, 7) is 5.66. The van der Waals surface area contributed by atoms with Crippen molar-refractivity contribution in [1.29, 1.82) is 0 Å². The number of hydrazone groups is 1. The Bertz CT molecular complexity index is 649. The van der Waals surface area contributed by atoms with E-state index in [1.54, 1.807) is 19.2 Å². The summed E-state index contributed by atoms with van der Waals surface area (Å²) in [5, 5.41) is 3.87. The summed E-state index contributed by atoms with van der Waals surface area (Å²) in [5.74, 6) is 0.361. The Morgan fingerprint density at radius 1 is 1.27 bits per heavy atom. The molecule has 1 unspecified atom stereocenters. The van der Waals surface area contributed by atoms with Gasteiger partial charge in [-0.25, -0.2) is 5.43 Å². The molecule has 0 saturated heterocycles. The molecule has 2 rings (SSSR count). The summed E-state index contributed by atoms with van der Waals surface area (Å²) in [6.07, 6.45) is 2.51. The van der Waals surface area contributed by atoms with E-state index in [2.05, 4.69) is 21.6 Å². The number of hydrogen-bond donors (Lipinski definition) is 1. The molecule has 1 atom stereocenters. The maximum absolute atomic E-state index is 11.9. The predicted octanol–water partition coefficient (Wildman–Crippen LogP) is 2.62. The minimum absolute atomic E-state index is 0.314. The van der Waals surface area contributed by atoms with Crippen molar-refractivity contribution >= 4 is 12.1 Å². The van der Waals surface area contributed by atoms with E-state index in [1.807, 2.05) is 38.1 Å². The van der Waals surface area contributed by atoms with Gasteiger partial charge >= 0.3 is 0 Å². The standard InChI is InChI=1S/C17H19N3O2/c1-12-8-13(2)10-16(9-12)22-14(3)17(21)20-19-11-15-6-4-5-7-18-15/h4-11,14H,1-3H3,(H,20,21). The third kappa shape index (κ3) is 4.70. The largest absolute Gasteiger partial charge is 0.481 e. The van der Waals surface area contributed by atoms with Gasteiger partial charge in [-0.2, -0.15) is 5.10 Å². The van der Waals surface area contributed by atoms with Crippen molar-refractivity contribution in [1.82, 2.24) is 10.4 Å². The average molecular weight is 297 g/mol. The SMILES string of the molecule is Cc1cc(C)cc(OC(C)C(=O)NN=Cc2ccccn2)c1. The summed E-state index contributed by atoms with van der Waals surface area (Å²) in [7, 11) is 0. The van der Waals surface area contributed by atoms with Crippen molar-refractivity contribution in [2.24, 2.45) is 5.10 Å². The van der Waals surface area contributed by atoms with Crippen molar-refractivity contribution < 1.29 is 9.53 Å². The van der Waals surface area contributed by atoms with Gasteiger partial charge in [-0.1, -0.05) is 12.1 Å². The maximum atomic E-state index is 11.9. The van der Waals surface area contributed by atoms with Gasteiger partial charge in [-0.15, -0.1) is 0 Å². The Labute approximate surface area is 130 Å². The molecule has 2 aromatic rings. The van der Waals surface area contributed by atoms with Crippen LogP contribution in [0.5, 0.6) is 5.75 Å². The van der Waals surface area contributed by atoms with Crippen molar-refractivity contribution in [2.75, 3.05) is 0 Å². The molecule has 22 heavy (non-hydrogen) atoms. The summed E-state index contributed by atoms with van der Waals surface area (Å²) in [5.41, 5.74) is 5.30. The molecule has 0 aliphatic rings. The van der Waals surface area contributed by atoms with Crippen LogP contribution >= 0.6 is 0 Å². The molecule has 5 heteroatoms. The topological polar surface area (TPSA) is 63.6 Å². The van der Waals surface area contributed by atoms with Gasteiger partial charge in [0, 0.05) is 6.20 Å². The molecule has 0 bridgehead atoms. The average Bonchev–Trinajstić information content (AvgIpc) is 2.47. The summed E-state index contributed by atoms with van der Waals surface area (Å²) >= 11 is 0. The molecule has 5 nitrogen and oxygen atoms in total. The van der Waals surface area contributed by atoms with Crippen LogP contribution in [0, 0.1) is 13.8 Å². The third-order valence-corrected chi connectivity index (χ3v) is 2.94. The van der Waals surface area contributed by atoms with Gasteiger partial charge in [-0.05, 0) is 56.2 Å². The first-order valence-corrected chi connectivity index (χ1v) is 7.03. The minimum atomic E-state index is -0.637. The molecule has 1 heterocycles. The van der Waals surface area contributed by atoms with Crippen LogP contribution < -0.4 is 10.2 Å². The number of hydrogen-bond acceptors (Lipinski definition) is 4. The number of benzene rings is 1. The number of ether oxygens (including phenoxy) is 1. The number of aromatic nitrogens is 1. The molecule has 1 amide bonds. The molecule has 0 saturated carbocycles. The first-order chi connectivity index (χ1) is 10.5. The number of amides is 1. The fourth-order valence-corrected chi connectivity index (χ4v) is 1.96. The number of carbonyl (C=O) groups excluding carboxylic acids is 1. The van der Waals surface area contributed by atoms with E-state index in [0.717, 1.165) is 11.1 Å². The lowest BCUT2D eigenvalue weighted by Gasteiger charge is -2.14. The molecule has 1 aromatic heterocycles. The van der Waals surface area contributed by atoms with E-state index in [9.17, 15) is 4.79 Å². The number of nitrogens with one attached hydrogen (secondary N) is 1. The van der Waals surface area contributed by atoms with Crippen molar-refractivity contribution in [3.05, 3.63) is 59.4 Å². The summed E-state index contributed by atoms with van der Waals surface area (Å²) in [4.78, 5) is 16.0. The molecular weight excluding hydrogens is 278 g/mol. The predicted molar refractivity (Wildman–Crippen MR) is 86.0 cm³/mol. The molecule has 114 valence electrons. The van der Waals surface area contributed by atoms with Crippen LogP contribution in [0.3, 0.4) is 0 Å². The van der Waals surface area contributed by atoms with Crippen molar-refractivity contribution in [3.8, 4) is 5.75 Å². The van der Waals surface area contributed by atoms with Gasteiger partial charge in [0.15, 0.2) is 6.10 Å². The second kappa shape index (κ2) is 7.36. The van der Waals surface area contributed by atoms with E-state index in [4.69, 9.17) is 4.74 Å². The zero-order valence-electron chi connectivity index (χ0n) is 12.9. The van der Waals surface area contributed by atoms with Crippen LogP contribution in [-0.2, 0) is 4.79 Å². The van der Waals surface area contributed by atoms with E-state index in [1.165, 1.54) is 6.21 Å². The summed E-state index contributed by atoms with van der Waals surface area (Å²) in [6, 6.07) is 11.3. The fourth-order valence-electron chi connectivity index (χ4n) is 1.96. The van der Waals surface area contributed by atoms with Crippen molar-refractivity contribution in [2.45, 2.75) is 26.9 Å². The monoisotopic (exact) mass is 297 g/mol. The second-order valence-corrected chi connectivity index (χ2v) is 5.07. The summed E-state index contributed by atoms with van der Waals surface area (Å²) < 4.78 is 5.64. The Balaban J connectivity index is 1.90. The van der Waals surface area contributed by atoms with Gasteiger partial charge < -0.3 is 4.74 Å². The van der Waals surface area contributed by atoms with E-state index >= 15 is 0 Å². The Morgan fingerprint density at radius 3 is 2.64 bits per heavy atom. The van der Waals surface area contributed by atoms with E-state index in [0.29, 0.717) is 11.4 Å². The zero-order chi connectivity index (χ0) is 15.9. The van der Waals surface area contributed by atoms with Gasteiger partial charge in [0.2, 0.25) is 0 Å². The maximum Gasteiger partial charge on any atom is 0.280 e. The highest BCUT2D eigenvalue weighted by Crippen LogP contribution is 2.17. The lowest BCUT2D eigenvalue weighted by Crippen LogP contribution is -2.33. The minimum Gasteiger partial charge on any atom is -0.481 e. The highest BCUT2D eigenvalue weighted by Gasteiger charge is 2.14. The smallest absolute Gasteiger partial charge is 0.280 e. The van der Waals surface area contributed by atoms with E-state index < -0.39 is 6.10 Å². The van der Waals surface area contributed by atoms with Gasteiger partial charge in [0.05, 0.1) is 11.9 Å². The Morgan fingerprint density at radius 2 is 2.00 bits per heavy atom. The highest BCUT2D eigenvalue weighted by molar-refractivity contribution is 5.83. The lowest BCUT2D eigenvalue weighted by molar-refractivity contribution is -0.127. The van der Waals surface area contributed by atoms with Crippen LogP contribution in [0.2, 0.25) is 0 Å². The molecule has 0 radical (unpaired) electrons. The number of nitrogens with zero attached hydrogens (tertiary/aromatic N) is 2.